The van der Waals surface area contributed by atoms with E-state index in [4.69, 9.17) is 0 Å². The highest BCUT2D eigenvalue weighted by molar-refractivity contribution is 7.99. The first kappa shape index (κ1) is 19.4. The Balaban J connectivity index is 1.39. The molecule has 6 nitrogen and oxygen atoms in total. The molecule has 0 aliphatic carbocycles. The van der Waals surface area contributed by atoms with Gasteiger partial charge in [-0.25, -0.2) is 4.98 Å². The van der Waals surface area contributed by atoms with Gasteiger partial charge in [0.15, 0.2) is 10.3 Å². The normalized spacial score (nSPS) is 10.8. The number of para-hydroxylation sites is 1. The van der Waals surface area contributed by atoms with Crippen molar-refractivity contribution < 1.29 is 4.79 Å². The lowest BCUT2D eigenvalue weighted by atomic mass is 10.1. The van der Waals surface area contributed by atoms with Crippen molar-refractivity contribution in [2.24, 2.45) is 0 Å². The van der Waals surface area contributed by atoms with Gasteiger partial charge in [0.1, 0.15) is 6.33 Å². The highest BCUT2D eigenvalue weighted by Crippen LogP contribution is 2.26. The van der Waals surface area contributed by atoms with Crippen molar-refractivity contribution in [3.8, 4) is 16.9 Å². The summed E-state index contributed by atoms with van der Waals surface area (Å²) in [4.78, 5) is 16.9. The molecule has 0 unspecified atom stereocenters. The van der Waals surface area contributed by atoms with Crippen LogP contribution in [-0.2, 0) is 4.79 Å². The van der Waals surface area contributed by atoms with Crippen molar-refractivity contribution in [3.63, 3.8) is 0 Å². The molecule has 0 saturated heterocycles. The van der Waals surface area contributed by atoms with Crippen molar-refractivity contribution >= 4 is 34.1 Å². The van der Waals surface area contributed by atoms with E-state index in [1.807, 2.05) is 72.3 Å². The van der Waals surface area contributed by atoms with Crippen LogP contribution >= 0.6 is 23.1 Å². The number of thiazole rings is 1. The molecule has 29 heavy (non-hydrogen) atoms. The number of hydrogen-bond acceptors (Lipinski definition) is 6. The van der Waals surface area contributed by atoms with Crippen LogP contribution in [0.2, 0.25) is 0 Å². The topological polar surface area (TPSA) is 72.7 Å². The van der Waals surface area contributed by atoms with Gasteiger partial charge in [-0.05, 0) is 25.5 Å². The lowest BCUT2D eigenvalue weighted by molar-refractivity contribution is -0.113. The Morgan fingerprint density at radius 2 is 1.93 bits per heavy atom. The molecule has 146 valence electrons. The largest absolute Gasteiger partial charge is 0.301 e. The fourth-order valence-corrected chi connectivity index (χ4v) is 4.25. The lowest BCUT2D eigenvalue weighted by Crippen LogP contribution is -2.14. The van der Waals surface area contributed by atoms with Gasteiger partial charge in [-0.15, -0.1) is 21.5 Å². The number of hydrogen-bond donors (Lipinski definition) is 1. The van der Waals surface area contributed by atoms with Crippen LogP contribution in [0.15, 0.2) is 65.4 Å². The van der Waals surface area contributed by atoms with Crippen LogP contribution in [-0.4, -0.2) is 31.4 Å². The summed E-state index contributed by atoms with van der Waals surface area (Å²) >= 11 is 2.76. The maximum absolute atomic E-state index is 12.4. The second kappa shape index (κ2) is 8.59. The van der Waals surface area contributed by atoms with Gasteiger partial charge < -0.3 is 5.32 Å². The third kappa shape index (κ3) is 4.55. The molecule has 0 aliphatic rings. The van der Waals surface area contributed by atoms with Crippen molar-refractivity contribution in [3.05, 3.63) is 71.4 Å². The van der Waals surface area contributed by atoms with E-state index in [9.17, 15) is 4.79 Å². The standard InChI is InChI=1S/C21H19N5OS2/c1-14-7-9-16(10-8-14)17-11-28-20(23-17)24-19(27)12-29-21-25-22-13-26(21)18-6-4-3-5-15(18)2/h3-11,13H,12H2,1-2H3,(H,23,24,27). The third-order valence-electron chi connectivity index (χ3n) is 4.32. The van der Waals surface area contributed by atoms with Crippen LogP contribution in [0.4, 0.5) is 5.13 Å². The Morgan fingerprint density at radius 3 is 2.72 bits per heavy atom. The number of aromatic nitrogens is 4. The maximum atomic E-state index is 12.4. The zero-order valence-corrected chi connectivity index (χ0v) is 17.6. The minimum absolute atomic E-state index is 0.126. The van der Waals surface area contributed by atoms with Gasteiger partial charge in [-0.2, -0.15) is 0 Å². The fraction of sp³-hybridized carbons (Fsp3) is 0.143. The lowest BCUT2D eigenvalue weighted by Gasteiger charge is -2.08. The summed E-state index contributed by atoms with van der Waals surface area (Å²) in [7, 11) is 0. The molecule has 4 aromatic rings. The molecule has 2 aromatic heterocycles. The van der Waals surface area contributed by atoms with Gasteiger partial charge in [0.05, 0.1) is 17.1 Å². The highest BCUT2D eigenvalue weighted by atomic mass is 32.2. The summed E-state index contributed by atoms with van der Waals surface area (Å²) in [6.45, 7) is 4.08. The number of nitrogens with zero attached hydrogens (tertiary/aromatic N) is 4. The maximum Gasteiger partial charge on any atom is 0.236 e. The number of aryl methyl sites for hydroxylation is 2. The molecular formula is C21H19N5OS2. The fourth-order valence-electron chi connectivity index (χ4n) is 2.80. The second-order valence-corrected chi connectivity index (χ2v) is 8.31. The summed E-state index contributed by atoms with van der Waals surface area (Å²) in [5, 5.41) is 14.2. The van der Waals surface area contributed by atoms with E-state index >= 15 is 0 Å². The van der Waals surface area contributed by atoms with Crippen LogP contribution in [0, 0.1) is 13.8 Å². The molecule has 4 rings (SSSR count). The monoisotopic (exact) mass is 421 g/mol. The SMILES string of the molecule is Cc1ccc(-c2csc(NC(=O)CSc3nncn3-c3ccccc3C)n2)cc1. The van der Waals surface area contributed by atoms with Crippen molar-refractivity contribution in [2.75, 3.05) is 11.1 Å². The van der Waals surface area contributed by atoms with Crippen LogP contribution < -0.4 is 5.32 Å². The third-order valence-corrected chi connectivity index (χ3v) is 6.02. The molecule has 0 bridgehead atoms. The van der Waals surface area contributed by atoms with Crippen LogP contribution in [0.1, 0.15) is 11.1 Å². The molecule has 0 radical (unpaired) electrons. The minimum Gasteiger partial charge on any atom is -0.301 e. The number of rotatable bonds is 6. The van der Waals surface area contributed by atoms with Gasteiger partial charge in [-0.1, -0.05) is 59.8 Å². The zero-order valence-electron chi connectivity index (χ0n) is 16.0. The Bertz CT molecular complexity index is 1130. The number of benzene rings is 2. The number of carbonyl (C=O) groups is 1. The van der Waals surface area contributed by atoms with Gasteiger partial charge in [-0.3, -0.25) is 9.36 Å². The van der Waals surface area contributed by atoms with E-state index in [0.717, 1.165) is 22.5 Å². The van der Waals surface area contributed by atoms with E-state index in [2.05, 4.69) is 20.5 Å². The second-order valence-electron chi connectivity index (χ2n) is 6.51. The quantitative estimate of drug-likeness (QED) is 0.455. The Labute approximate surface area is 177 Å². The first-order valence-electron chi connectivity index (χ1n) is 9.01. The van der Waals surface area contributed by atoms with E-state index in [0.29, 0.717) is 10.3 Å². The molecule has 0 fully saturated rings. The highest BCUT2D eigenvalue weighted by Gasteiger charge is 2.13. The van der Waals surface area contributed by atoms with Gasteiger partial charge in [0, 0.05) is 10.9 Å². The van der Waals surface area contributed by atoms with E-state index in [1.165, 1.54) is 28.7 Å². The van der Waals surface area contributed by atoms with Crippen molar-refractivity contribution in [2.45, 2.75) is 19.0 Å². The van der Waals surface area contributed by atoms with E-state index in [-0.39, 0.29) is 11.7 Å². The summed E-state index contributed by atoms with van der Waals surface area (Å²) in [5.74, 6) is 0.100. The number of carbonyl (C=O) groups excluding carboxylic acids is 1. The van der Waals surface area contributed by atoms with E-state index in [1.54, 1.807) is 6.33 Å². The molecule has 0 aliphatic heterocycles. The Hall–Kier alpha value is -2.97. The molecule has 1 amide bonds. The predicted molar refractivity (Wildman–Crippen MR) is 118 cm³/mol. The Kier molecular flexibility index (Phi) is 5.73. The first-order valence-corrected chi connectivity index (χ1v) is 10.9. The average molecular weight is 422 g/mol. The average Bonchev–Trinajstić information content (AvgIpc) is 3.37. The molecular weight excluding hydrogens is 402 g/mol. The molecule has 8 heteroatoms. The first-order chi connectivity index (χ1) is 14.1. The molecule has 2 aromatic carbocycles. The molecule has 0 atom stereocenters. The summed E-state index contributed by atoms with van der Waals surface area (Å²) in [6.07, 6.45) is 1.66. The van der Waals surface area contributed by atoms with Crippen molar-refractivity contribution in [1.82, 2.24) is 19.7 Å². The number of nitrogens with one attached hydrogen (secondary N) is 1. The summed E-state index contributed by atoms with van der Waals surface area (Å²) in [5.41, 5.74) is 5.21. The number of thioether (sulfide) groups is 1. The molecule has 0 saturated carbocycles. The van der Waals surface area contributed by atoms with Crippen LogP contribution in [0.5, 0.6) is 0 Å². The predicted octanol–water partition coefficient (Wildman–Crippen LogP) is 4.74. The van der Waals surface area contributed by atoms with Gasteiger partial charge >= 0.3 is 0 Å². The number of anilines is 1. The smallest absolute Gasteiger partial charge is 0.236 e. The zero-order chi connectivity index (χ0) is 20.2. The van der Waals surface area contributed by atoms with Crippen LogP contribution in [0.25, 0.3) is 16.9 Å². The van der Waals surface area contributed by atoms with Gasteiger partial charge in [0.25, 0.3) is 0 Å². The molecule has 0 spiro atoms. The minimum atomic E-state index is -0.126. The van der Waals surface area contributed by atoms with Crippen LogP contribution in [0.3, 0.4) is 0 Å². The van der Waals surface area contributed by atoms with Crippen molar-refractivity contribution in [1.29, 1.82) is 0 Å². The Morgan fingerprint density at radius 1 is 1.14 bits per heavy atom. The van der Waals surface area contributed by atoms with Gasteiger partial charge in [0.2, 0.25) is 5.91 Å². The summed E-state index contributed by atoms with van der Waals surface area (Å²) < 4.78 is 1.90. The molecule has 1 N–H and O–H groups in total. The summed E-state index contributed by atoms with van der Waals surface area (Å²) in [6, 6.07) is 16.2. The van der Waals surface area contributed by atoms with E-state index < -0.39 is 0 Å². The number of amides is 1. The molecule has 2 heterocycles.